The molecule has 0 radical (unpaired) electrons. The Morgan fingerprint density at radius 3 is 2.26 bits per heavy atom. The van der Waals surface area contributed by atoms with Gasteiger partial charge in [-0.15, -0.1) is 0 Å². The minimum absolute atomic E-state index is 0.636. The Bertz CT molecular complexity index is 710. The minimum atomic E-state index is -3.29. The molecule has 2 aromatic rings. The monoisotopic (exact) mass is 342 g/mol. The van der Waals surface area contributed by atoms with E-state index < -0.39 is 21.2 Å². The van der Waals surface area contributed by atoms with Gasteiger partial charge in [-0.25, -0.2) is 8.42 Å². The Kier molecular flexibility index (Phi) is 3.99. The van der Waals surface area contributed by atoms with Gasteiger partial charge in [0.15, 0.2) is 9.84 Å². The molecule has 0 fully saturated rings. The van der Waals surface area contributed by atoms with Crippen molar-refractivity contribution < 1.29 is 13.5 Å². The van der Waals surface area contributed by atoms with Gasteiger partial charge >= 0.3 is 0 Å². The third-order valence-corrected chi connectivity index (χ3v) is 5.64. The lowest BCUT2D eigenvalue weighted by molar-refractivity contribution is 0.177. The first-order chi connectivity index (χ1) is 8.82. The molecule has 0 saturated carbocycles. The molecule has 2 aromatic carbocycles. The van der Waals surface area contributed by atoms with E-state index in [9.17, 15) is 13.5 Å². The zero-order valence-electron chi connectivity index (χ0n) is 10.7. The van der Waals surface area contributed by atoms with Crippen molar-refractivity contribution in [2.45, 2.75) is 18.3 Å². The topological polar surface area (TPSA) is 54.4 Å². The first-order valence-electron chi connectivity index (χ1n) is 5.86. The Hall–Kier alpha value is -0.910. The SMILES string of the molecule is CC(C(O)c1ccc(Br)c2ccccc12)S(C)(=O)=O. The van der Waals surface area contributed by atoms with Gasteiger partial charge in [0, 0.05) is 10.7 Å². The lowest BCUT2D eigenvalue weighted by Gasteiger charge is -2.19. The molecule has 0 bridgehead atoms. The van der Waals surface area contributed by atoms with Crippen LogP contribution < -0.4 is 0 Å². The van der Waals surface area contributed by atoms with Crippen LogP contribution in [-0.2, 0) is 9.84 Å². The van der Waals surface area contributed by atoms with Crippen LogP contribution in [0.15, 0.2) is 40.9 Å². The normalized spacial score (nSPS) is 15.4. The lowest BCUT2D eigenvalue weighted by Crippen LogP contribution is -2.24. The van der Waals surface area contributed by atoms with E-state index in [0.717, 1.165) is 21.5 Å². The molecule has 0 aromatic heterocycles. The number of sulfone groups is 1. The number of halogens is 1. The zero-order valence-corrected chi connectivity index (χ0v) is 13.1. The molecule has 0 aliphatic heterocycles. The highest BCUT2D eigenvalue weighted by atomic mass is 79.9. The van der Waals surface area contributed by atoms with Crippen molar-refractivity contribution >= 4 is 36.5 Å². The average molecular weight is 343 g/mol. The Labute approximate surface area is 121 Å². The highest BCUT2D eigenvalue weighted by Crippen LogP contribution is 2.32. The van der Waals surface area contributed by atoms with Crippen LogP contribution in [0.1, 0.15) is 18.6 Å². The smallest absolute Gasteiger partial charge is 0.152 e. The quantitative estimate of drug-likeness (QED) is 0.932. The average Bonchev–Trinajstić information content (AvgIpc) is 2.37. The second-order valence-electron chi connectivity index (χ2n) is 4.66. The summed E-state index contributed by atoms with van der Waals surface area (Å²) in [6, 6.07) is 11.2. The summed E-state index contributed by atoms with van der Waals surface area (Å²) in [5.41, 5.74) is 0.636. The number of hydrogen-bond donors (Lipinski definition) is 1. The van der Waals surface area contributed by atoms with Gasteiger partial charge in [-0.3, -0.25) is 0 Å². The first-order valence-corrected chi connectivity index (χ1v) is 8.61. The van der Waals surface area contributed by atoms with E-state index in [0.29, 0.717) is 5.56 Å². The van der Waals surface area contributed by atoms with Gasteiger partial charge in [0.05, 0.1) is 11.4 Å². The molecule has 0 saturated heterocycles. The second kappa shape index (κ2) is 5.23. The number of aliphatic hydroxyl groups is 1. The third-order valence-electron chi connectivity index (χ3n) is 3.34. The van der Waals surface area contributed by atoms with Crippen LogP contribution in [0, 0.1) is 0 Å². The Morgan fingerprint density at radius 2 is 1.68 bits per heavy atom. The highest BCUT2D eigenvalue weighted by molar-refractivity contribution is 9.10. The zero-order chi connectivity index (χ0) is 14.2. The van der Waals surface area contributed by atoms with E-state index in [2.05, 4.69) is 15.9 Å². The summed E-state index contributed by atoms with van der Waals surface area (Å²) in [7, 11) is -3.29. The number of fused-ring (bicyclic) bond motifs is 1. The largest absolute Gasteiger partial charge is 0.387 e. The minimum Gasteiger partial charge on any atom is -0.387 e. The molecule has 0 aliphatic carbocycles. The maximum absolute atomic E-state index is 11.6. The number of rotatable bonds is 3. The summed E-state index contributed by atoms with van der Waals surface area (Å²) in [5.74, 6) is 0. The van der Waals surface area contributed by atoms with Crippen molar-refractivity contribution in [3.8, 4) is 0 Å². The molecule has 0 aliphatic rings. The molecule has 0 spiro atoms. The number of hydrogen-bond acceptors (Lipinski definition) is 3. The fourth-order valence-corrected chi connectivity index (χ4v) is 3.12. The predicted octanol–water partition coefficient (Wildman–Crippen LogP) is 3.07. The van der Waals surface area contributed by atoms with E-state index in [1.807, 2.05) is 30.3 Å². The summed E-state index contributed by atoms with van der Waals surface area (Å²) in [5, 5.41) is 11.3. The summed E-state index contributed by atoms with van der Waals surface area (Å²) < 4.78 is 24.1. The molecule has 5 heteroatoms. The van der Waals surface area contributed by atoms with Crippen LogP contribution in [0.4, 0.5) is 0 Å². The van der Waals surface area contributed by atoms with Crippen molar-refractivity contribution in [3.63, 3.8) is 0 Å². The van der Waals surface area contributed by atoms with Crippen molar-refractivity contribution in [1.29, 1.82) is 0 Å². The molecule has 0 heterocycles. The number of aliphatic hydroxyl groups excluding tert-OH is 1. The summed E-state index contributed by atoms with van der Waals surface area (Å²) in [6.45, 7) is 1.52. The Balaban J connectivity index is 2.61. The fraction of sp³-hybridized carbons (Fsp3) is 0.286. The van der Waals surface area contributed by atoms with E-state index in [1.54, 1.807) is 6.07 Å². The molecule has 3 nitrogen and oxygen atoms in total. The fourth-order valence-electron chi connectivity index (χ4n) is 2.03. The first kappa shape index (κ1) is 14.5. The van der Waals surface area contributed by atoms with E-state index >= 15 is 0 Å². The van der Waals surface area contributed by atoms with E-state index in [-0.39, 0.29) is 0 Å². The van der Waals surface area contributed by atoms with Crippen molar-refractivity contribution in [2.75, 3.05) is 6.26 Å². The molecular weight excluding hydrogens is 328 g/mol. The van der Waals surface area contributed by atoms with Crippen molar-refractivity contribution in [1.82, 2.24) is 0 Å². The van der Waals surface area contributed by atoms with Crippen LogP contribution in [0.5, 0.6) is 0 Å². The van der Waals surface area contributed by atoms with Crippen molar-refractivity contribution in [3.05, 3.63) is 46.4 Å². The summed E-state index contributed by atoms with van der Waals surface area (Å²) in [4.78, 5) is 0. The molecule has 2 unspecified atom stereocenters. The van der Waals surface area contributed by atoms with Gasteiger partial charge in [-0.2, -0.15) is 0 Å². The molecule has 2 atom stereocenters. The molecule has 19 heavy (non-hydrogen) atoms. The molecule has 1 N–H and O–H groups in total. The van der Waals surface area contributed by atoms with Crippen LogP contribution in [0.2, 0.25) is 0 Å². The van der Waals surface area contributed by atoms with Crippen LogP contribution >= 0.6 is 15.9 Å². The van der Waals surface area contributed by atoms with Crippen molar-refractivity contribution in [2.24, 2.45) is 0 Å². The lowest BCUT2D eigenvalue weighted by atomic mass is 9.99. The second-order valence-corrected chi connectivity index (χ2v) is 7.92. The van der Waals surface area contributed by atoms with Gasteiger partial charge in [-0.1, -0.05) is 46.3 Å². The standard InChI is InChI=1S/C14H15BrO3S/c1-9(19(2,17)18)14(16)12-7-8-13(15)11-6-4-3-5-10(11)12/h3-9,14,16H,1-2H3. The van der Waals surface area contributed by atoms with Crippen LogP contribution in [-0.4, -0.2) is 25.0 Å². The molecule has 0 amide bonds. The molecule has 2 rings (SSSR count). The van der Waals surface area contributed by atoms with E-state index in [4.69, 9.17) is 0 Å². The van der Waals surface area contributed by atoms with Gasteiger partial charge in [-0.05, 0) is 29.3 Å². The molecular formula is C14H15BrO3S. The maximum Gasteiger partial charge on any atom is 0.152 e. The van der Waals surface area contributed by atoms with E-state index in [1.165, 1.54) is 6.92 Å². The summed E-state index contributed by atoms with van der Waals surface area (Å²) >= 11 is 3.46. The van der Waals surface area contributed by atoms with Gasteiger partial charge in [0.25, 0.3) is 0 Å². The highest BCUT2D eigenvalue weighted by Gasteiger charge is 2.26. The molecule has 102 valence electrons. The van der Waals surface area contributed by atoms with Crippen LogP contribution in [0.25, 0.3) is 10.8 Å². The van der Waals surface area contributed by atoms with Crippen LogP contribution in [0.3, 0.4) is 0 Å². The summed E-state index contributed by atoms with van der Waals surface area (Å²) in [6.07, 6.45) is 0.107. The number of benzene rings is 2. The maximum atomic E-state index is 11.6. The van der Waals surface area contributed by atoms with Gasteiger partial charge in [0.1, 0.15) is 0 Å². The third kappa shape index (κ3) is 2.83. The van der Waals surface area contributed by atoms with Gasteiger partial charge < -0.3 is 5.11 Å². The van der Waals surface area contributed by atoms with Gasteiger partial charge in [0.2, 0.25) is 0 Å². The predicted molar refractivity (Wildman–Crippen MR) is 80.9 cm³/mol. The Morgan fingerprint density at radius 1 is 1.11 bits per heavy atom.